The third-order valence-electron chi connectivity index (χ3n) is 2.24. The Balaban J connectivity index is 0.00000128. The maximum Gasteiger partial charge on any atom is 0.341 e. The second-order valence-corrected chi connectivity index (χ2v) is 3.42. The molecule has 0 saturated heterocycles. The summed E-state index contributed by atoms with van der Waals surface area (Å²) in [4.78, 5) is 4.59. The lowest BCUT2D eigenvalue weighted by Crippen LogP contribution is -2.23. The quantitative estimate of drug-likeness (QED) is 0.793. The molecule has 0 amide bonds. The fraction of sp³-hybridized carbons (Fsp3) is 0.444. The molecule has 0 aliphatic carbocycles. The van der Waals surface area contributed by atoms with Gasteiger partial charge >= 0.3 is 5.65 Å². The third kappa shape index (κ3) is 2.23. The van der Waals surface area contributed by atoms with Gasteiger partial charge in [0.25, 0.3) is 0 Å². The van der Waals surface area contributed by atoms with Crippen molar-refractivity contribution in [1.29, 1.82) is 0 Å². The minimum Gasteiger partial charge on any atom is -0.359 e. The Hall–Kier alpha value is -1.40. The molecular weight excluding hydrogens is 232 g/mol. The fourth-order valence-corrected chi connectivity index (χ4v) is 1.53. The van der Waals surface area contributed by atoms with E-state index in [1.54, 1.807) is 0 Å². The zero-order chi connectivity index (χ0) is 10.8. The van der Waals surface area contributed by atoms with E-state index in [1.165, 1.54) is 0 Å². The van der Waals surface area contributed by atoms with E-state index in [0.29, 0.717) is 22.6 Å². The van der Waals surface area contributed by atoms with Gasteiger partial charge in [-0.2, -0.15) is 0 Å². The highest BCUT2D eigenvalue weighted by Gasteiger charge is 2.14. The van der Waals surface area contributed by atoms with Crippen molar-refractivity contribution in [2.45, 2.75) is 19.8 Å². The van der Waals surface area contributed by atoms with Crippen LogP contribution in [-0.2, 0) is 6.42 Å². The number of aromatic nitrogens is 3. The van der Waals surface area contributed by atoms with Gasteiger partial charge in [0, 0.05) is 11.3 Å². The highest BCUT2D eigenvalue weighted by molar-refractivity contribution is 5.85. The first kappa shape index (κ1) is 12.7. The second kappa shape index (κ2) is 5.09. The molecule has 7 heteroatoms. The summed E-state index contributed by atoms with van der Waals surface area (Å²) in [5.74, 6) is 0. The van der Waals surface area contributed by atoms with Gasteiger partial charge in [-0.25, -0.2) is 4.98 Å². The van der Waals surface area contributed by atoms with Crippen LogP contribution in [0, 0.1) is 12.1 Å². The van der Waals surface area contributed by atoms with Crippen LogP contribution in [0.5, 0.6) is 0 Å². The number of halogens is 1. The molecule has 0 fully saturated rings. The lowest BCUT2D eigenvalue weighted by molar-refractivity contribution is -0.782. The minimum absolute atomic E-state index is 0. The summed E-state index contributed by atoms with van der Waals surface area (Å²) < 4.78 is 4.48. The summed E-state index contributed by atoms with van der Waals surface area (Å²) in [5.41, 5.74) is 7.88. The largest absolute Gasteiger partial charge is 0.359 e. The molecule has 2 rings (SSSR count). The molecule has 0 atom stereocenters. The fourth-order valence-electron chi connectivity index (χ4n) is 1.53. The predicted octanol–water partition coefficient (Wildman–Crippen LogP) is 0.478. The van der Waals surface area contributed by atoms with Gasteiger partial charge in [0.15, 0.2) is 0 Å². The van der Waals surface area contributed by atoms with Crippen LogP contribution in [-0.4, -0.2) is 16.7 Å². The van der Waals surface area contributed by atoms with Gasteiger partial charge in [-0.3, -0.25) is 4.63 Å². The number of rotatable bonds is 3. The standard InChI is InChI=1S/C9H12N4O2.ClH/c1-6-5-7(3-2-4-10)11-9-8(6)13(14)15-12-9;/h5H,2-4,10H2,1H3;1H. The predicted molar refractivity (Wildman–Crippen MR) is 60.1 cm³/mol. The molecule has 6 nitrogen and oxygen atoms in total. The van der Waals surface area contributed by atoms with Crippen molar-refractivity contribution in [3.8, 4) is 0 Å². The molecule has 2 heterocycles. The molecule has 0 aliphatic rings. The van der Waals surface area contributed by atoms with Crippen LogP contribution < -0.4 is 10.6 Å². The highest BCUT2D eigenvalue weighted by atomic mass is 35.5. The SMILES string of the molecule is Cc1cc(CCCN)nc2no[n+]([O-])c12.Cl. The smallest absolute Gasteiger partial charge is 0.341 e. The molecule has 0 spiro atoms. The first-order chi connectivity index (χ1) is 7.22. The van der Waals surface area contributed by atoms with Crippen LogP contribution >= 0.6 is 12.4 Å². The van der Waals surface area contributed by atoms with Gasteiger partial charge in [-0.05, 0) is 37.3 Å². The van der Waals surface area contributed by atoms with Crippen molar-refractivity contribution in [3.05, 3.63) is 22.5 Å². The van der Waals surface area contributed by atoms with Gasteiger partial charge < -0.3 is 10.9 Å². The van der Waals surface area contributed by atoms with Crippen molar-refractivity contribution >= 4 is 23.6 Å². The van der Waals surface area contributed by atoms with Gasteiger partial charge in [-0.1, -0.05) is 0 Å². The molecule has 2 N–H and O–H groups in total. The number of nitrogens with zero attached hydrogens (tertiary/aromatic N) is 3. The summed E-state index contributed by atoms with van der Waals surface area (Å²) >= 11 is 0. The minimum atomic E-state index is 0. The van der Waals surface area contributed by atoms with E-state index in [9.17, 15) is 5.21 Å². The van der Waals surface area contributed by atoms with Crippen LogP contribution in [0.25, 0.3) is 11.2 Å². The van der Waals surface area contributed by atoms with Crippen molar-refractivity contribution < 1.29 is 9.53 Å². The summed E-state index contributed by atoms with van der Waals surface area (Å²) in [7, 11) is 0. The van der Waals surface area contributed by atoms with Gasteiger partial charge in [-0.15, -0.1) is 12.4 Å². The Morgan fingerprint density at radius 1 is 1.56 bits per heavy atom. The zero-order valence-corrected chi connectivity index (χ0v) is 9.66. The number of pyridine rings is 1. The number of hydrogen-bond acceptors (Lipinski definition) is 5. The lowest BCUT2D eigenvalue weighted by atomic mass is 10.1. The summed E-state index contributed by atoms with van der Waals surface area (Å²) in [5, 5.41) is 14.7. The molecular formula is C9H13ClN4O2. The van der Waals surface area contributed by atoms with Crippen LogP contribution in [0.2, 0.25) is 0 Å². The molecule has 0 aromatic carbocycles. The van der Waals surface area contributed by atoms with Gasteiger partial charge in [0.2, 0.25) is 5.52 Å². The topological polar surface area (TPSA) is 91.9 Å². The Bertz CT molecular complexity index is 486. The third-order valence-corrected chi connectivity index (χ3v) is 2.24. The maximum absolute atomic E-state index is 11.2. The lowest BCUT2D eigenvalue weighted by Gasteiger charge is -1.99. The van der Waals surface area contributed by atoms with Crippen LogP contribution in [0.3, 0.4) is 0 Å². The molecule has 2 aromatic rings. The van der Waals surface area contributed by atoms with E-state index in [4.69, 9.17) is 5.73 Å². The number of aryl methyl sites for hydroxylation is 2. The van der Waals surface area contributed by atoms with Crippen LogP contribution in [0.1, 0.15) is 17.7 Å². The first-order valence-electron chi connectivity index (χ1n) is 4.78. The Morgan fingerprint density at radius 2 is 2.31 bits per heavy atom. The monoisotopic (exact) mass is 244 g/mol. The van der Waals surface area contributed by atoms with E-state index in [0.717, 1.165) is 24.1 Å². The zero-order valence-electron chi connectivity index (χ0n) is 8.84. The summed E-state index contributed by atoms with van der Waals surface area (Å²) in [6.45, 7) is 2.46. The number of nitrogens with two attached hydrogens (primary N) is 1. The van der Waals surface area contributed by atoms with Crippen molar-refractivity contribution in [3.63, 3.8) is 0 Å². The molecule has 16 heavy (non-hydrogen) atoms. The van der Waals surface area contributed by atoms with Crippen molar-refractivity contribution in [2.75, 3.05) is 6.54 Å². The average Bonchev–Trinajstić information content (AvgIpc) is 2.58. The van der Waals surface area contributed by atoms with E-state index >= 15 is 0 Å². The molecule has 0 unspecified atom stereocenters. The second-order valence-electron chi connectivity index (χ2n) is 3.42. The Labute approximate surface area is 98.4 Å². The van der Waals surface area contributed by atoms with E-state index in [-0.39, 0.29) is 12.4 Å². The average molecular weight is 245 g/mol. The summed E-state index contributed by atoms with van der Waals surface area (Å²) in [6, 6.07) is 1.86. The molecule has 2 aromatic heterocycles. The van der Waals surface area contributed by atoms with Crippen molar-refractivity contribution in [2.24, 2.45) is 5.73 Å². The number of hydrogen-bond donors (Lipinski definition) is 1. The molecule has 0 saturated carbocycles. The van der Waals surface area contributed by atoms with Crippen molar-refractivity contribution in [1.82, 2.24) is 10.1 Å². The van der Waals surface area contributed by atoms with Crippen LogP contribution in [0.4, 0.5) is 0 Å². The van der Waals surface area contributed by atoms with E-state index < -0.39 is 0 Å². The molecule has 88 valence electrons. The normalized spacial score (nSPS) is 10.4. The van der Waals surface area contributed by atoms with Crippen LogP contribution in [0.15, 0.2) is 10.7 Å². The molecule has 0 radical (unpaired) electrons. The van der Waals surface area contributed by atoms with E-state index in [2.05, 4.69) is 14.8 Å². The first-order valence-corrected chi connectivity index (χ1v) is 4.78. The van der Waals surface area contributed by atoms with Gasteiger partial charge in [0.1, 0.15) is 0 Å². The highest BCUT2D eigenvalue weighted by Crippen LogP contribution is 2.13. The summed E-state index contributed by atoms with van der Waals surface area (Å²) in [6.07, 6.45) is 1.66. The van der Waals surface area contributed by atoms with E-state index in [1.807, 2.05) is 13.0 Å². The molecule has 0 bridgehead atoms. The number of fused-ring (bicyclic) bond motifs is 1. The Kier molecular flexibility index (Phi) is 4.03. The van der Waals surface area contributed by atoms with Gasteiger partial charge in [0.05, 0.1) is 5.16 Å². The Morgan fingerprint density at radius 3 is 3.00 bits per heavy atom. The molecule has 0 aliphatic heterocycles. The maximum atomic E-state index is 11.2.